The molecular formula is C26H32N4O2. The molecule has 2 aromatic rings. The van der Waals surface area contributed by atoms with Gasteiger partial charge in [-0.1, -0.05) is 12.1 Å². The second kappa shape index (κ2) is 8.49. The topological polar surface area (TPSA) is 47.1 Å². The Hall–Kier alpha value is -3.02. The third-order valence-corrected chi connectivity index (χ3v) is 7.15. The summed E-state index contributed by atoms with van der Waals surface area (Å²) in [6.45, 7) is 8.96. The Morgan fingerprint density at radius 2 is 1.81 bits per heavy atom. The molecule has 0 bridgehead atoms. The van der Waals surface area contributed by atoms with Crippen LogP contribution in [0, 0.1) is 6.92 Å². The van der Waals surface area contributed by atoms with E-state index in [-0.39, 0.29) is 18.0 Å². The lowest BCUT2D eigenvalue weighted by molar-refractivity contribution is 0.0581. The molecule has 2 aromatic carbocycles. The van der Waals surface area contributed by atoms with Gasteiger partial charge in [-0.05, 0) is 69.0 Å². The van der Waals surface area contributed by atoms with E-state index in [1.807, 2.05) is 28.0 Å². The Labute approximate surface area is 190 Å². The van der Waals surface area contributed by atoms with E-state index in [1.54, 1.807) is 0 Å². The summed E-state index contributed by atoms with van der Waals surface area (Å²) in [5.74, 6) is 0.173. The molecule has 168 valence electrons. The number of hydrogen-bond acceptors (Lipinski definition) is 4. The number of anilines is 2. The van der Waals surface area contributed by atoms with Crippen LogP contribution < -0.4 is 9.80 Å². The summed E-state index contributed by atoms with van der Waals surface area (Å²) in [6, 6.07) is 14.2. The Kier molecular flexibility index (Phi) is 5.53. The zero-order valence-electron chi connectivity index (χ0n) is 19.1. The fourth-order valence-electron chi connectivity index (χ4n) is 5.43. The molecule has 3 aliphatic heterocycles. The van der Waals surface area contributed by atoms with Crippen LogP contribution in [0.3, 0.4) is 0 Å². The Morgan fingerprint density at radius 3 is 2.56 bits per heavy atom. The van der Waals surface area contributed by atoms with E-state index in [1.165, 1.54) is 11.3 Å². The van der Waals surface area contributed by atoms with Crippen LogP contribution in [0.2, 0.25) is 0 Å². The average molecular weight is 433 g/mol. The van der Waals surface area contributed by atoms with Crippen molar-refractivity contribution in [1.29, 1.82) is 0 Å². The first-order valence-corrected chi connectivity index (χ1v) is 11.9. The number of nitrogens with zero attached hydrogens (tertiary/aromatic N) is 4. The van der Waals surface area contributed by atoms with Crippen molar-refractivity contribution in [2.75, 3.05) is 49.1 Å². The Morgan fingerprint density at radius 1 is 1.00 bits per heavy atom. The standard InChI is InChI=1S/C26H32N4O2/c1-3-29-23-18-20(10-11-22(23)26(32)30-12-5-4-9-24(29)30)25(31)28-15-13-27(14-16-28)21-8-6-7-19(2)17-21/h6-8,10-11,17-18,24H,3-5,9,12-16H2,1-2H3/t24-/m1/s1. The molecule has 2 amide bonds. The molecule has 3 aliphatic rings. The first-order chi connectivity index (χ1) is 15.6. The van der Waals surface area contributed by atoms with Gasteiger partial charge in [-0.15, -0.1) is 0 Å². The van der Waals surface area contributed by atoms with Gasteiger partial charge in [0, 0.05) is 50.5 Å². The van der Waals surface area contributed by atoms with E-state index in [0.717, 1.165) is 56.7 Å². The van der Waals surface area contributed by atoms with Gasteiger partial charge in [-0.3, -0.25) is 9.59 Å². The summed E-state index contributed by atoms with van der Waals surface area (Å²) in [4.78, 5) is 35.0. The van der Waals surface area contributed by atoms with Crippen LogP contribution in [-0.4, -0.2) is 67.0 Å². The minimum absolute atomic E-state index is 0.0614. The number of fused-ring (bicyclic) bond motifs is 2. The lowest BCUT2D eigenvalue weighted by Gasteiger charge is -2.47. The van der Waals surface area contributed by atoms with E-state index >= 15 is 0 Å². The van der Waals surface area contributed by atoms with Crippen LogP contribution in [-0.2, 0) is 0 Å². The molecule has 0 aromatic heterocycles. The largest absolute Gasteiger partial charge is 0.368 e. The summed E-state index contributed by atoms with van der Waals surface area (Å²) in [7, 11) is 0. The third-order valence-electron chi connectivity index (χ3n) is 7.15. The Bertz CT molecular complexity index is 1030. The number of aryl methyl sites for hydroxylation is 1. The van der Waals surface area contributed by atoms with Gasteiger partial charge >= 0.3 is 0 Å². The van der Waals surface area contributed by atoms with Gasteiger partial charge in [0.15, 0.2) is 0 Å². The molecule has 0 unspecified atom stereocenters. The molecule has 6 heteroatoms. The maximum absolute atomic E-state index is 13.3. The molecule has 0 N–H and O–H groups in total. The number of piperazine rings is 1. The first kappa shape index (κ1) is 20.9. The number of piperidine rings is 1. The third kappa shape index (κ3) is 3.61. The Balaban J connectivity index is 1.34. The average Bonchev–Trinajstić information content (AvgIpc) is 2.84. The molecule has 0 spiro atoms. The highest BCUT2D eigenvalue weighted by Crippen LogP contribution is 2.36. The monoisotopic (exact) mass is 432 g/mol. The SMILES string of the molecule is CCN1c2cc(C(=O)N3CCN(c4cccc(C)c4)CC3)ccc2C(=O)N2CCCC[C@@H]21. The number of carbonyl (C=O) groups is 2. The lowest BCUT2D eigenvalue weighted by atomic mass is 9.97. The van der Waals surface area contributed by atoms with E-state index < -0.39 is 0 Å². The van der Waals surface area contributed by atoms with E-state index in [2.05, 4.69) is 47.9 Å². The molecule has 0 aliphatic carbocycles. The number of carbonyl (C=O) groups excluding carboxylic acids is 2. The van der Waals surface area contributed by atoms with Crippen LogP contribution in [0.25, 0.3) is 0 Å². The zero-order chi connectivity index (χ0) is 22.2. The number of rotatable bonds is 3. The summed E-state index contributed by atoms with van der Waals surface area (Å²) in [5.41, 5.74) is 4.81. The van der Waals surface area contributed by atoms with Crippen molar-refractivity contribution in [3.8, 4) is 0 Å². The highest BCUT2D eigenvalue weighted by atomic mass is 16.2. The quantitative estimate of drug-likeness (QED) is 0.741. The van der Waals surface area contributed by atoms with Gasteiger partial charge in [-0.2, -0.15) is 0 Å². The van der Waals surface area contributed by atoms with Crippen molar-refractivity contribution in [3.05, 3.63) is 59.2 Å². The normalized spacial score (nSPS) is 20.8. The van der Waals surface area contributed by atoms with Gasteiger partial charge in [0.05, 0.1) is 11.3 Å². The van der Waals surface area contributed by atoms with Gasteiger partial charge in [0.2, 0.25) is 0 Å². The van der Waals surface area contributed by atoms with Gasteiger partial charge < -0.3 is 19.6 Å². The van der Waals surface area contributed by atoms with Crippen molar-refractivity contribution in [2.45, 2.75) is 39.3 Å². The molecule has 5 rings (SSSR count). The van der Waals surface area contributed by atoms with Crippen LogP contribution in [0.5, 0.6) is 0 Å². The van der Waals surface area contributed by atoms with Crippen LogP contribution >= 0.6 is 0 Å². The summed E-state index contributed by atoms with van der Waals surface area (Å²) < 4.78 is 0. The van der Waals surface area contributed by atoms with Gasteiger partial charge in [0.1, 0.15) is 6.17 Å². The number of hydrogen-bond donors (Lipinski definition) is 0. The maximum atomic E-state index is 13.3. The molecule has 3 heterocycles. The fraction of sp³-hybridized carbons (Fsp3) is 0.462. The predicted molar refractivity (Wildman–Crippen MR) is 127 cm³/mol. The second-order valence-electron chi connectivity index (χ2n) is 9.11. The second-order valence-corrected chi connectivity index (χ2v) is 9.11. The van der Waals surface area contributed by atoms with Crippen molar-refractivity contribution >= 4 is 23.2 Å². The highest BCUT2D eigenvalue weighted by molar-refractivity contribution is 6.04. The minimum Gasteiger partial charge on any atom is -0.368 e. The molecule has 1 atom stereocenters. The van der Waals surface area contributed by atoms with Crippen LogP contribution in [0.15, 0.2) is 42.5 Å². The first-order valence-electron chi connectivity index (χ1n) is 11.9. The van der Waals surface area contributed by atoms with E-state index in [4.69, 9.17) is 0 Å². The lowest BCUT2D eigenvalue weighted by Crippen LogP contribution is -2.57. The molecule has 0 saturated carbocycles. The van der Waals surface area contributed by atoms with E-state index in [9.17, 15) is 9.59 Å². The van der Waals surface area contributed by atoms with E-state index in [0.29, 0.717) is 18.7 Å². The summed E-state index contributed by atoms with van der Waals surface area (Å²) >= 11 is 0. The fourth-order valence-corrected chi connectivity index (χ4v) is 5.43. The van der Waals surface area contributed by atoms with Crippen LogP contribution in [0.1, 0.15) is 52.5 Å². The highest BCUT2D eigenvalue weighted by Gasteiger charge is 2.38. The van der Waals surface area contributed by atoms with Crippen molar-refractivity contribution in [2.24, 2.45) is 0 Å². The summed E-state index contributed by atoms with van der Waals surface area (Å²) in [5, 5.41) is 0. The predicted octanol–water partition coefficient (Wildman–Crippen LogP) is 3.75. The van der Waals surface area contributed by atoms with Gasteiger partial charge in [-0.25, -0.2) is 0 Å². The van der Waals surface area contributed by atoms with Crippen molar-refractivity contribution < 1.29 is 9.59 Å². The number of amides is 2. The molecule has 32 heavy (non-hydrogen) atoms. The molecular weight excluding hydrogens is 400 g/mol. The summed E-state index contributed by atoms with van der Waals surface area (Å²) in [6.07, 6.45) is 3.33. The molecule has 0 radical (unpaired) electrons. The van der Waals surface area contributed by atoms with Crippen LogP contribution in [0.4, 0.5) is 11.4 Å². The smallest absolute Gasteiger partial charge is 0.257 e. The molecule has 2 saturated heterocycles. The van der Waals surface area contributed by atoms with Crippen molar-refractivity contribution in [1.82, 2.24) is 9.80 Å². The molecule has 2 fully saturated rings. The maximum Gasteiger partial charge on any atom is 0.257 e. The molecule has 6 nitrogen and oxygen atoms in total. The van der Waals surface area contributed by atoms with Crippen molar-refractivity contribution in [3.63, 3.8) is 0 Å². The zero-order valence-corrected chi connectivity index (χ0v) is 19.1. The minimum atomic E-state index is 0.0614. The number of benzene rings is 2. The van der Waals surface area contributed by atoms with Gasteiger partial charge in [0.25, 0.3) is 11.8 Å².